The molecule has 1 N–H and O–H groups in total. The van der Waals surface area contributed by atoms with E-state index in [2.05, 4.69) is 31.0 Å². The standard InChI is InChI=1S/C15H27N3O2S/c1-5-6-16-7-14-13(10-19-4)17-15(21-14)18-8-11(2)20-12(3)9-18/h11-12,16H,5-10H2,1-4H3. The normalized spacial score (nSPS) is 22.8. The molecule has 1 aromatic heterocycles. The quantitative estimate of drug-likeness (QED) is 0.783. The van der Waals surface area contributed by atoms with Gasteiger partial charge >= 0.3 is 0 Å². The third-order valence-corrected chi connectivity index (χ3v) is 4.61. The van der Waals surface area contributed by atoms with Gasteiger partial charge in [0.1, 0.15) is 0 Å². The van der Waals surface area contributed by atoms with Gasteiger partial charge in [-0.05, 0) is 26.8 Å². The lowest BCUT2D eigenvalue weighted by molar-refractivity contribution is -0.00524. The van der Waals surface area contributed by atoms with Gasteiger partial charge in [0.15, 0.2) is 5.13 Å². The van der Waals surface area contributed by atoms with E-state index >= 15 is 0 Å². The molecule has 120 valence electrons. The fraction of sp³-hybridized carbons (Fsp3) is 0.800. The van der Waals surface area contributed by atoms with Crippen molar-refractivity contribution in [3.8, 4) is 0 Å². The topological polar surface area (TPSA) is 46.6 Å². The molecule has 1 aromatic rings. The largest absolute Gasteiger partial charge is 0.378 e. The molecule has 1 saturated heterocycles. The number of nitrogens with one attached hydrogen (secondary N) is 1. The smallest absolute Gasteiger partial charge is 0.186 e. The number of aromatic nitrogens is 1. The monoisotopic (exact) mass is 313 g/mol. The number of nitrogens with zero attached hydrogens (tertiary/aromatic N) is 2. The molecule has 2 rings (SSSR count). The van der Waals surface area contributed by atoms with Crippen LogP contribution in [0.2, 0.25) is 0 Å². The van der Waals surface area contributed by atoms with Crippen LogP contribution in [0.1, 0.15) is 37.8 Å². The summed E-state index contributed by atoms with van der Waals surface area (Å²) in [6, 6.07) is 0. The molecule has 2 unspecified atom stereocenters. The van der Waals surface area contributed by atoms with Crippen LogP contribution in [0.4, 0.5) is 5.13 Å². The first-order valence-electron chi connectivity index (χ1n) is 7.72. The summed E-state index contributed by atoms with van der Waals surface area (Å²) in [5.41, 5.74) is 1.06. The molecule has 0 amide bonds. The summed E-state index contributed by atoms with van der Waals surface area (Å²) in [6.45, 7) is 10.7. The Labute approximate surface area is 131 Å². The third kappa shape index (κ3) is 4.64. The van der Waals surface area contributed by atoms with Gasteiger partial charge in [0, 0.05) is 31.6 Å². The van der Waals surface area contributed by atoms with Gasteiger partial charge < -0.3 is 19.7 Å². The number of ether oxygens (including phenoxy) is 2. The fourth-order valence-corrected chi connectivity index (χ4v) is 3.66. The third-order valence-electron chi connectivity index (χ3n) is 3.45. The number of morpholine rings is 1. The van der Waals surface area contributed by atoms with Crippen molar-refractivity contribution < 1.29 is 9.47 Å². The predicted octanol–water partition coefficient (Wildman–Crippen LogP) is 2.40. The molecule has 0 bridgehead atoms. The van der Waals surface area contributed by atoms with E-state index in [1.807, 2.05) is 0 Å². The summed E-state index contributed by atoms with van der Waals surface area (Å²) >= 11 is 1.78. The Morgan fingerprint density at radius 2 is 2.10 bits per heavy atom. The highest BCUT2D eigenvalue weighted by atomic mass is 32.1. The van der Waals surface area contributed by atoms with E-state index in [4.69, 9.17) is 14.5 Å². The van der Waals surface area contributed by atoms with Gasteiger partial charge in [0.2, 0.25) is 0 Å². The Morgan fingerprint density at radius 3 is 2.71 bits per heavy atom. The summed E-state index contributed by atoms with van der Waals surface area (Å²) in [7, 11) is 1.72. The molecular weight excluding hydrogens is 286 g/mol. The second kappa shape index (κ2) is 8.08. The van der Waals surface area contributed by atoms with Crippen molar-refractivity contribution in [1.82, 2.24) is 10.3 Å². The Morgan fingerprint density at radius 1 is 1.38 bits per heavy atom. The van der Waals surface area contributed by atoms with Gasteiger partial charge in [-0.1, -0.05) is 6.92 Å². The Kier molecular flexibility index (Phi) is 6.41. The van der Waals surface area contributed by atoms with Crippen molar-refractivity contribution >= 4 is 16.5 Å². The zero-order chi connectivity index (χ0) is 15.2. The van der Waals surface area contributed by atoms with Crippen molar-refractivity contribution in [1.29, 1.82) is 0 Å². The number of thiazole rings is 1. The molecule has 1 aliphatic rings. The molecule has 2 heterocycles. The van der Waals surface area contributed by atoms with Crippen LogP contribution >= 0.6 is 11.3 Å². The molecule has 21 heavy (non-hydrogen) atoms. The van der Waals surface area contributed by atoms with Gasteiger partial charge in [-0.25, -0.2) is 4.98 Å². The molecule has 2 atom stereocenters. The first-order chi connectivity index (χ1) is 10.1. The summed E-state index contributed by atoms with van der Waals surface area (Å²) in [5, 5.41) is 4.55. The maximum Gasteiger partial charge on any atom is 0.186 e. The number of anilines is 1. The van der Waals surface area contributed by atoms with Crippen molar-refractivity contribution in [2.75, 3.05) is 31.6 Å². The fourth-order valence-electron chi connectivity index (χ4n) is 2.61. The average molecular weight is 313 g/mol. The number of hydrogen-bond acceptors (Lipinski definition) is 6. The minimum Gasteiger partial charge on any atom is -0.378 e. The van der Waals surface area contributed by atoms with Crippen molar-refractivity contribution in [2.24, 2.45) is 0 Å². The highest BCUT2D eigenvalue weighted by Crippen LogP contribution is 2.29. The Balaban J connectivity index is 2.09. The lowest BCUT2D eigenvalue weighted by Gasteiger charge is -2.35. The van der Waals surface area contributed by atoms with Gasteiger partial charge in [0.25, 0.3) is 0 Å². The molecule has 0 aromatic carbocycles. The van der Waals surface area contributed by atoms with Crippen molar-refractivity contribution in [3.05, 3.63) is 10.6 Å². The lowest BCUT2D eigenvalue weighted by Crippen LogP contribution is -2.45. The Hall–Kier alpha value is -0.690. The second-order valence-electron chi connectivity index (χ2n) is 5.64. The SMILES string of the molecule is CCCNCc1sc(N2CC(C)OC(C)C2)nc1COC. The minimum absolute atomic E-state index is 0.255. The molecule has 1 fully saturated rings. The lowest BCUT2D eigenvalue weighted by atomic mass is 10.2. The van der Waals surface area contributed by atoms with Crippen LogP contribution in [-0.4, -0.2) is 43.9 Å². The van der Waals surface area contributed by atoms with Crippen LogP contribution in [0.5, 0.6) is 0 Å². The summed E-state index contributed by atoms with van der Waals surface area (Å²) < 4.78 is 11.1. The van der Waals surface area contributed by atoms with Crippen LogP contribution in [0.25, 0.3) is 0 Å². The highest BCUT2D eigenvalue weighted by Gasteiger charge is 2.25. The van der Waals surface area contributed by atoms with Crippen LogP contribution in [-0.2, 0) is 22.6 Å². The van der Waals surface area contributed by atoms with E-state index in [1.165, 1.54) is 4.88 Å². The van der Waals surface area contributed by atoms with Crippen LogP contribution in [0, 0.1) is 0 Å². The van der Waals surface area contributed by atoms with Crippen molar-refractivity contribution in [2.45, 2.75) is 52.6 Å². The van der Waals surface area contributed by atoms with Gasteiger partial charge in [0.05, 0.1) is 24.5 Å². The maximum atomic E-state index is 5.80. The Bertz CT molecular complexity index is 429. The summed E-state index contributed by atoms with van der Waals surface area (Å²) in [6.07, 6.45) is 1.65. The van der Waals surface area contributed by atoms with Crippen LogP contribution in [0.3, 0.4) is 0 Å². The number of rotatable bonds is 7. The predicted molar refractivity (Wildman–Crippen MR) is 87.0 cm³/mol. The van der Waals surface area contributed by atoms with Gasteiger partial charge in [-0.3, -0.25) is 0 Å². The van der Waals surface area contributed by atoms with Crippen molar-refractivity contribution in [3.63, 3.8) is 0 Å². The molecule has 0 spiro atoms. The van der Waals surface area contributed by atoms with E-state index in [1.54, 1.807) is 18.4 Å². The minimum atomic E-state index is 0.255. The maximum absolute atomic E-state index is 5.80. The molecule has 6 heteroatoms. The molecule has 0 saturated carbocycles. The number of hydrogen-bond donors (Lipinski definition) is 1. The van der Waals surface area contributed by atoms with Crippen LogP contribution < -0.4 is 10.2 Å². The molecule has 5 nitrogen and oxygen atoms in total. The zero-order valence-electron chi connectivity index (χ0n) is 13.5. The first-order valence-corrected chi connectivity index (χ1v) is 8.54. The number of methoxy groups -OCH3 is 1. The summed E-state index contributed by atoms with van der Waals surface area (Å²) in [4.78, 5) is 8.42. The highest BCUT2D eigenvalue weighted by molar-refractivity contribution is 7.15. The van der Waals surface area contributed by atoms with E-state index in [0.29, 0.717) is 6.61 Å². The van der Waals surface area contributed by atoms with E-state index in [0.717, 1.165) is 43.4 Å². The zero-order valence-corrected chi connectivity index (χ0v) is 14.3. The second-order valence-corrected chi connectivity index (χ2v) is 6.70. The molecule has 0 aliphatic carbocycles. The first kappa shape index (κ1) is 16.7. The molecule has 0 radical (unpaired) electrons. The van der Waals surface area contributed by atoms with E-state index in [-0.39, 0.29) is 12.2 Å². The van der Waals surface area contributed by atoms with E-state index < -0.39 is 0 Å². The van der Waals surface area contributed by atoms with Gasteiger partial charge in [-0.15, -0.1) is 11.3 Å². The average Bonchev–Trinajstić information content (AvgIpc) is 2.82. The van der Waals surface area contributed by atoms with E-state index in [9.17, 15) is 0 Å². The van der Waals surface area contributed by atoms with Crippen LogP contribution in [0.15, 0.2) is 0 Å². The molecular formula is C15H27N3O2S. The molecule has 1 aliphatic heterocycles. The summed E-state index contributed by atoms with van der Waals surface area (Å²) in [5.74, 6) is 0. The van der Waals surface area contributed by atoms with Gasteiger partial charge in [-0.2, -0.15) is 0 Å².